The van der Waals surface area contributed by atoms with Crippen molar-refractivity contribution in [1.29, 1.82) is 0 Å². The van der Waals surface area contributed by atoms with Crippen LogP contribution in [0, 0.1) is 12.7 Å². The molecule has 1 N–H and O–H groups in total. The quantitative estimate of drug-likeness (QED) is 0.876. The topological polar surface area (TPSA) is 24.9 Å². The zero-order valence-electron chi connectivity index (χ0n) is 10.9. The molecule has 0 saturated heterocycles. The molecule has 4 heteroatoms. The van der Waals surface area contributed by atoms with Gasteiger partial charge in [0.2, 0.25) is 0 Å². The number of hydrogen-bond donors (Lipinski definition) is 1. The Morgan fingerprint density at radius 2 is 2.00 bits per heavy atom. The maximum absolute atomic E-state index is 14.0. The van der Waals surface area contributed by atoms with Crippen molar-refractivity contribution in [2.45, 2.75) is 26.7 Å². The van der Waals surface area contributed by atoms with Crippen molar-refractivity contribution in [3.8, 4) is 0 Å². The second-order valence-corrected chi connectivity index (χ2v) is 5.59. The van der Waals surface area contributed by atoms with Gasteiger partial charge in [0, 0.05) is 28.3 Å². The van der Waals surface area contributed by atoms with Crippen LogP contribution in [0.15, 0.2) is 16.6 Å². The van der Waals surface area contributed by atoms with E-state index in [4.69, 9.17) is 0 Å². The molecule has 96 valence electrons. The molecule has 0 unspecified atom stereocenters. The van der Waals surface area contributed by atoms with E-state index >= 15 is 0 Å². The van der Waals surface area contributed by atoms with E-state index < -0.39 is 0 Å². The Morgan fingerprint density at radius 1 is 1.33 bits per heavy atom. The summed E-state index contributed by atoms with van der Waals surface area (Å²) in [6.07, 6.45) is 0. The summed E-state index contributed by atoms with van der Waals surface area (Å²) in [6.45, 7) is 6.16. The van der Waals surface area contributed by atoms with Crippen LogP contribution >= 0.6 is 15.9 Å². The van der Waals surface area contributed by atoms with Gasteiger partial charge in [-0.25, -0.2) is 9.37 Å². The van der Waals surface area contributed by atoms with Gasteiger partial charge in [-0.2, -0.15) is 0 Å². The van der Waals surface area contributed by atoms with E-state index in [0.717, 1.165) is 26.8 Å². The van der Waals surface area contributed by atoms with E-state index in [1.54, 1.807) is 0 Å². The van der Waals surface area contributed by atoms with E-state index in [-0.39, 0.29) is 5.82 Å². The zero-order chi connectivity index (χ0) is 13.4. The fourth-order valence-electron chi connectivity index (χ4n) is 2.40. The number of anilines is 1. The summed E-state index contributed by atoms with van der Waals surface area (Å²) in [5, 5.41) is 4.01. The summed E-state index contributed by atoms with van der Waals surface area (Å²) in [6, 6.07) is 3.35. The van der Waals surface area contributed by atoms with Crippen LogP contribution in [0.2, 0.25) is 0 Å². The van der Waals surface area contributed by atoms with Crippen molar-refractivity contribution < 1.29 is 4.39 Å². The molecule has 0 aliphatic carbocycles. The first kappa shape index (κ1) is 13.3. The number of nitrogens with zero attached hydrogens (tertiary/aromatic N) is 1. The molecule has 0 atom stereocenters. The van der Waals surface area contributed by atoms with Gasteiger partial charge in [-0.1, -0.05) is 29.8 Å². The highest BCUT2D eigenvalue weighted by atomic mass is 79.9. The van der Waals surface area contributed by atoms with Crippen molar-refractivity contribution in [1.82, 2.24) is 4.98 Å². The summed E-state index contributed by atoms with van der Waals surface area (Å²) in [5.41, 5.74) is 3.41. The van der Waals surface area contributed by atoms with Gasteiger partial charge in [-0.05, 0) is 30.5 Å². The number of pyridine rings is 1. The number of halogens is 2. The molecule has 0 bridgehead atoms. The lowest BCUT2D eigenvalue weighted by molar-refractivity contribution is 0.635. The minimum Gasteiger partial charge on any atom is -0.387 e. The van der Waals surface area contributed by atoms with Crippen LogP contribution in [-0.4, -0.2) is 12.0 Å². The number of fused-ring (bicyclic) bond motifs is 1. The second kappa shape index (κ2) is 4.84. The van der Waals surface area contributed by atoms with Gasteiger partial charge in [0.25, 0.3) is 0 Å². The third kappa shape index (κ3) is 2.09. The fourth-order valence-corrected chi connectivity index (χ4v) is 2.83. The van der Waals surface area contributed by atoms with Gasteiger partial charge in [0.1, 0.15) is 5.52 Å². The van der Waals surface area contributed by atoms with Crippen molar-refractivity contribution >= 4 is 32.5 Å². The van der Waals surface area contributed by atoms with Crippen LogP contribution < -0.4 is 5.32 Å². The summed E-state index contributed by atoms with van der Waals surface area (Å²) in [4.78, 5) is 4.41. The molecule has 1 aromatic heterocycles. The van der Waals surface area contributed by atoms with E-state index in [1.165, 1.54) is 6.07 Å². The lowest BCUT2D eigenvalue weighted by atomic mass is 9.96. The molecule has 0 radical (unpaired) electrons. The maximum Gasteiger partial charge on any atom is 0.150 e. The number of rotatable bonds is 2. The van der Waals surface area contributed by atoms with Gasteiger partial charge in [0.15, 0.2) is 5.82 Å². The predicted octanol–water partition coefficient (Wildman–Crippen LogP) is 4.61. The molecule has 1 heterocycles. The summed E-state index contributed by atoms with van der Waals surface area (Å²) in [5.74, 6) is 0.0423. The first-order chi connectivity index (χ1) is 8.45. The maximum atomic E-state index is 14.0. The largest absolute Gasteiger partial charge is 0.387 e. The van der Waals surface area contributed by atoms with Crippen LogP contribution in [0.25, 0.3) is 10.9 Å². The van der Waals surface area contributed by atoms with Crippen molar-refractivity contribution in [3.05, 3.63) is 33.7 Å². The van der Waals surface area contributed by atoms with Gasteiger partial charge in [-0.15, -0.1) is 0 Å². The van der Waals surface area contributed by atoms with Gasteiger partial charge in [0.05, 0.1) is 0 Å². The first-order valence-corrected chi connectivity index (χ1v) is 6.72. The van der Waals surface area contributed by atoms with Gasteiger partial charge < -0.3 is 5.32 Å². The average molecular weight is 311 g/mol. The SMILES string of the molecule is CNc1c(C(C)C)c(C)nc2c(F)cc(Br)cc12. The Balaban J connectivity index is 2.94. The van der Waals surface area contributed by atoms with Gasteiger partial charge >= 0.3 is 0 Å². The molecule has 18 heavy (non-hydrogen) atoms. The van der Waals surface area contributed by atoms with Crippen molar-refractivity contribution in [2.24, 2.45) is 0 Å². The van der Waals surface area contributed by atoms with Crippen molar-refractivity contribution in [3.63, 3.8) is 0 Å². The van der Waals surface area contributed by atoms with Crippen LogP contribution in [-0.2, 0) is 0 Å². The highest BCUT2D eigenvalue weighted by molar-refractivity contribution is 9.10. The Hall–Kier alpha value is -1.16. The number of nitrogens with one attached hydrogen (secondary N) is 1. The Kier molecular flexibility index (Phi) is 3.57. The van der Waals surface area contributed by atoms with Gasteiger partial charge in [-0.3, -0.25) is 0 Å². The molecule has 2 aromatic rings. The smallest absolute Gasteiger partial charge is 0.150 e. The first-order valence-electron chi connectivity index (χ1n) is 5.92. The normalized spacial score (nSPS) is 11.3. The summed E-state index contributed by atoms with van der Waals surface area (Å²) < 4.78 is 14.7. The summed E-state index contributed by atoms with van der Waals surface area (Å²) >= 11 is 3.33. The molecule has 0 aliphatic rings. The lowest BCUT2D eigenvalue weighted by Crippen LogP contribution is -2.04. The highest BCUT2D eigenvalue weighted by Crippen LogP contribution is 2.35. The highest BCUT2D eigenvalue weighted by Gasteiger charge is 2.17. The van der Waals surface area contributed by atoms with Crippen LogP contribution in [0.1, 0.15) is 31.0 Å². The molecular weight excluding hydrogens is 295 g/mol. The lowest BCUT2D eigenvalue weighted by Gasteiger charge is -2.18. The standard InChI is InChI=1S/C14H16BrFN2/c1-7(2)12-8(3)18-13-10(14(12)17-4)5-9(15)6-11(13)16/h5-7H,1-4H3,(H,17,18). The third-order valence-corrected chi connectivity index (χ3v) is 3.52. The van der Waals surface area contributed by atoms with E-state index in [0.29, 0.717) is 11.4 Å². The molecule has 0 spiro atoms. The second-order valence-electron chi connectivity index (χ2n) is 4.67. The molecule has 0 fully saturated rings. The molecule has 2 rings (SSSR count). The van der Waals surface area contributed by atoms with Crippen LogP contribution in [0.5, 0.6) is 0 Å². The predicted molar refractivity (Wildman–Crippen MR) is 77.8 cm³/mol. The van der Waals surface area contributed by atoms with E-state index in [1.807, 2.05) is 20.0 Å². The molecule has 0 saturated carbocycles. The number of aromatic nitrogens is 1. The average Bonchev–Trinajstić information content (AvgIpc) is 2.28. The van der Waals surface area contributed by atoms with Crippen LogP contribution in [0.3, 0.4) is 0 Å². The summed E-state index contributed by atoms with van der Waals surface area (Å²) in [7, 11) is 1.86. The van der Waals surface area contributed by atoms with Crippen molar-refractivity contribution in [2.75, 3.05) is 12.4 Å². The molecule has 0 aliphatic heterocycles. The minimum atomic E-state index is -0.297. The molecule has 1 aromatic carbocycles. The number of hydrogen-bond acceptors (Lipinski definition) is 2. The zero-order valence-corrected chi connectivity index (χ0v) is 12.5. The fraction of sp³-hybridized carbons (Fsp3) is 0.357. The van der Waals surface area contributed by atoms with E-state index in [2.05, 4.69) is 40.1 Å². The number of benzene rings is 1. The minimum absolute atomic E-state index is 0.297. The van der Waals surface area contributed by atoms with Crippen LogP contribution in [0.4, 0.5) is 10.1 Å². The monoisotopic (exact) mass is 310 g/mol. The molecule has 2 nitrogen and oxygen atoms in total. The van der Waals surface area contributed by atoms with E-state index in [9.17, 15) is 4.39 Å². The Labute approximate surface area is 115 Å². The number of aryl methyl sites for hydroxylation is 1. The molecular formula is C14H16BrFN2. The Morgan fingerprint density at radius 3 is 2.56 bits per heavy atom. The Bertz CT molecular complexity index is 609. The molecule has 0 amide bonds. The third-order valence-electron chi connectivity index (χ3n) is 3.06.